The number of amides is 1. The molecule has 8 heteroatoms. The van der Waals surface area contributed by atoms with Gasteiger partial charge in [0.2, 0.25) is 5.91 Å². The highest BCUT2D eigenvalue weighted by molar-refractivity contribution is 5.94. The van der Waals surface area contributed by atoms with E-state index >= 15 is 0 Å². The van der Waals surface area contributed by atoms with Crippen LogP contribution in [0.5, 0.6) is 0 Å². The summed E-state index contributed by atoms with van der Waals surface area (Å²) in [6, 6.07) is 5.10. The quantitative estimate of drug-likeness (QED) is 0.717. The first kappa shape index (κ1) is 17.8. The molecule has 1 aromatic carbocycles. The lowest BCUT2D eigenvalue weighted by Gasteiger charge is -2.14. The van der Waals surface area contributed by atoms with Gasteiger partial charge in [0, 0.05) is 28.9 Å². The number of fused-ring (bicyclic) bond motifs is 1. The van der Waals surface area contributed by atoms with Crippen LogP contribution in [0.3, 0.4) is 0 Å². The van der Waals surface area contributed by atoms with Crippen LogP contribution in [-0.4, -0.2) is 22.1 Å². The molecule has 0 spiro atoms. The largest absolute Gasteiger partial charge is 0.396 e. The normalized spacial score (nSPS) is 11.7. The van der Waals surface area contributed by atoms with E-state index in [1.165, 1.54) is 43.6 Å². The van der Waals surface area contributed by atoms with Crippen molar-refractivity contribution in [3.63, 3.8) is 0 Å². The molecule has 0 atom stereocenters. The van der Waals surface area contributed by atoms with Crippen molar-refractivity contribution in [1.82, 2.24) is 9.97 Å². The molecule has 0 unspecified atom stereocenters. The molecule has 2 aromatic heterocycles. The van der Waals surface area contributed by atoms with E-state index in [-0.39, 0.29) is 39.9 Å². The summed E-state index contributed by atoms with van der Waals surface area (Å²) < 4.78 is 52.7. The third-order valence-electron chi connectivity index (χ3n) is 3.82. The molecule has 1 radical (unpaired) electrons. The summed E-state index contributed by atoms with van der Waals surface area (Å²) in [5, 5.41) is 0.363. The zero-order valence-corrected chi connectivity index (χ0v) is 13.4. The highest BCUT2D eigenvalue weighted by Crippen LogP contribution is 2.33. The Hall–Kier alpha value is -3.03. The van der Waals surface area contributed by atoms with Gasteiger partial charge in [0.05, 0.1) is 23.2 Å². The van der Waals surface area contributed by atoms with Gasteiger partial charge in [-0.25, -0.2) is 9.37 Å². The monoisotopic (exact) mass is 362 g/mol. The molecule has 26 heavy (non-hydrogen) atoms. The SMILES string of the molecule is Cc1c(F)ccc2cc([CH]C(F)(F)F)c(-c3cncc(C(N)=O)c3)nc12. The number of benzene rings is 1. The lowest BCUT2D eigenvalue weighted by atomic mass is 9.99. The molecule has 0 saturated heterocycles. The molecule has 0 bridgehead atoms. The molecule has 133 valence electrons. The summed E-state index contributed by atoms with van der Waals surface area (Å²) in [7, 11) is 0. The van der Waals surface area contributed by atoms with Gasteiger partial charge < -0.3 is 5.73 Å². The van der Waals surface area contributed by atoms with Crippen LogP contribution in [0.15, 0.2) is 36.7 Å². The maximum atomic E-state index is 13.8. The summed E-state index contributed by atoms with van der Waals surface area (Å²) in [5.41, 5.74) is 5.54. The number of aryl methyl sites for hydroxylation is 1. The van der Waals surface area contributed by atoms with Gasteiger partial charge >= 0.3 is 6.18 Å². The average Bonchev–Trinajstić information content (AvgIpc) is 2.56. The van der Waals surface area contributed by atoms with Crippen molar-refractivity contribution in [2.45, 2.75) is 13.1 Å². The molecular formula is C18H12F4N3O. The van der Waals surface area contributed by atoms with E-state index in [1.54, 1.807) is 0 Å². The van der Waals surface area contributed by atoms with Crippen LogP contribution in [0.4, 0.5) is 17.6 Å². The minimum atomic E-state index is -4.59. The Bertz CT molecular complexity index is 1020. The lowest BCUT2D eigenvalue weighted by molar-refractivity contribution is -0.0927. The maximum Gasteiger partial charge on any atom is 0.396 e. The molecule has 0 aliphatic heterocycles. The van der Waals surface area contributed by atoms with Gasteiger partial charge in [0.15, 0.2) is 0 Å². The van der Waals surface area contributed by atoms with Crippen molar-refractivity contribution in [2.24, 2.45) is 5.73 Å². The highest BCUT2D eigenvalue weighted by Gasteiger charge is 2.30. The molecule has 2 N–H and O–H groups in total. The van der Waals surface area contributed by atoms with Gasteiger partial charge in [-0.15, -0.1) is 0 Å². The first-order valence-corrected chi connectivity index (χ1v) is 7.43. The van der Waals surface area contributed by atoms with Gasteiger partial charge in [-0.3, -0.25) is 9.78 Å². The summed E-state index contributed by atoms with van der Waals surface area (Å²) in [6.07, 6.45) is -2.02. The molecule has 0 aliphatic rings. The number of aromatic nitrogens is 2. The van der Waals surface area contributed by atoms with E-state index in [0.717, 1.165) is 0 Å². The van der Waals surface area contributed by atoms with Crippen LogP contribution in [-0.2, 0) is 0 Å². The number of nitrogens with two attached hydrogens (primary N) is 1. The van der Waals surface area contributed by atoms with Crippen LogP contribution in [0, 0.1) is 19.2 Å². The van der Waals surface area contributed by atoms with Crippen molar-refractivity contribution in [1.29, 1.82) is 0 Å². The van der Waals surface area contributed by atoms with Gasteiger partial charge in [-0.1, -0.05) is 0 Å². The number of rotatable bonds is 3. The molecule has 3 rings (SSSR count). The van der Waals surface area contributed by atoms with Gasteiger partial charge in [-0.05, 0) is 36.8 Å². The van der Waals surface area contributed by atoms with Crippen molar-refractivity contribution in [3.05, 3.63) is 65.6 Å². The van der Waals surface area contributed by atoms with Crippen molar-refractivity contribution in [3.8, 4) is 11.3 Å². The number of halogens is 4. The fraction of sp³-hybridized carbons (Fsp3) is 0.111. The van der Waals surface area contributed by atoms with Crippen molar-refractivity contribution < 1.29 is 22.4 Å². The Morgan fingerprint density at radius 1 is 1.19 bits per heavy atom. The van der Waals surface area contributed by atoms with E-state index in [1.807, 2.05) is 0 Å². The molecule has 0 fully saturated rings. The van der Waals surface area contributed by atoms with Gasteiger partial charge in [-0.2, -0.15) is 13.2 Å². The van der Waals surface area contributed by atoms with Crippen molar-refractivity contribution in [2.75, 3.05) is 0 Å². The summed E-state index contributed by atoms with van der Waals surface area (Å²) in [6.45, 7) is 1.49. The fourth-order valence-corrected chi connectivity index (χ4v) is 2.60. The number of pyridine rings is 2. The van der Waals surface area contributed by atoms with E-state index in [9.17, 15) is 22.4 Å². The Labute approximate surface area is 145 Å². The predicted octanol–water partition coefficient (Wildman–Crippen LogP) is 3.96. The third kappa shape index (κ3) is 3.49. The van der Waals surface area contributed by atoms with Gasteiger partial charge in [0.25, 0.3) is 0 Å². The number of hydrogen-bond donors (Lipinski definition) is 1. The number of carbonyl (C=O) groups excluding carboxylic acids is 1. The molecule has 0 saturated carbocycles. The van der Waals surface area contributed by atoms with E-state index < -0.39 is 17.9 Å². The van der Waals surface area contributed by atoms with Crippen LogP contribution < -0.4 is 5.73 Å². The zero-order valence-electron chi connectivity index (χ0n) is 13.4. The van der Waals surface area contributed by atoms with Crippen LogP contribution in [0.2, 0.25) is 0 Å². The summed E-state index contributed by atoms with van der Waals surface area (Å²) in [4.78, 5) is 19.4. The van der Waals surface area contributed by atoms with Crippen LogP contribution in [0.1, 0.15) is 21.5 Å². The number of nitrogens with zero attached hydrogens (tertiary/aromatic N) is 2. The fourth-order valence-electron chi connectivity index (χ4n) is 2.60. The Kier molecular flexibility index (Phi) is 4.35. The summed E-state index contributed by atoms with van der Waals surface area (Å²) >= 11 is 0. The second kappa shape index (κ2) is 6.36. The Morgan fingerprint density at radius 2 is 1.92 bits per heavy atom. The van der Waals surface area contributed by atoms with Gasteiger partial charge in [0.1, 0.15) is 5.82 Å². The molecule has 2 heterocycles. The average molecular weight is 362 g/mol. The predicted molar refractivity (Wildman–Crippen MR) is 87.6 cm³/mol. The lowest BCUT2D eigenvalue weighted by Crippen LogP contribution is -2.12. The van der Waals surface area contributed by atoms with E-state index in [4.69, 9.17) is 5.73 Å². The van der Waals surface area contributed by atoms with E-state index in [0.29, 0.717) is 5.39 Å². The number of carbonyl (C=O) groups is 1. The zero-order chi connectivity index (χ0) is 19.1. The molecule has 3 aromatic rings. The van der Waals surface area contributed by atoms with Crippen LogP contribution >= 0.6 is 0 Å². The first-order chi connectivity index (χ1) is 12.2. The number of alkyl halides is 3. The highest BCUT2D eigenvalue weighted by atomic mass is 19.4. The topological polar surface area (TPSA) is 68.9 Å². The Morgan fingerprint density at radius 3 is 2.58 bits per heavy atom. The second-order valence-electron chi connectivity index (χ2n) is 5.68. The molecule has 1 amide bonds. The Balaban J connectivity index is 2.30. The molecular weight excluding hydrogens is 350 g/mol. The van der Waals surface area contributed by atoms with Crippen LogP contribution in [0.25, 0.3) is 22.2 Å². The maximum absolute atomic E-state index is 13.8. The van der Waals surface area contributed by atoms with Crippen molar-refractivity contribution >= 4 is 16.8 Å². The number of hydrogen-bond acceptors (Lipinski definition) is 3. The molecule has 0 aliphatic carbocycles. The standard InChI is InChI=1S/C18H12F4N3O/c1-9-14(19)3-2-10-4-11(6-18(20,21)22)16(25-15(9)10)12-5-13(17(23)26)8-24-7-12/h2-8H,1H3,(H2,23,26). The molecule has 4 nitrogen and oxygen atoms in total. The number of primary amides is 1. The minimum absolute atomic E-state index is 0.0262. The first-order valence-electron chi connectivity index (χ1n) is 7.43. The third-order valence-corrected chi connectivity index (χ3v) is 3.82. The minimum Gasteiger partial charge on any atom is -0.366 e. The summed E-state index contributed by atoms with van der Waals surface area (Å²) in [5.74, 6) is -1.30. The smallest absolute Gasteiger partial charge is 0.366 e. The van der Waals surface area contributed by atoms with E-state index in [2.05, 4.69) is 9.97 Å². The second-order valence-corrected chi connectivity index (χ2v) is 5.68.